The highest BCUT2D eigenvalue weighted by molar-refractivity contribution is 6.02. The summed E-state index contributed by atoms with van der Waals surface area (Å²) < 4.78 is 10.7. The van der Waals surface area contributed by atoms with E-state index in [-0.39, 0.29) is 5.91 Å². The van der Waals surface area contributed by atoms with Crippen LogP contribution in [0.25, 0.3) is 6.08 Å². The molecule has 0 heterocycles. The number of nitrogens with one attached hydrogen (secondary N) is 1. The number of nitrogens with two attached hydrogens (primary N) is 1. The minimum absolute atomic E-state index is 0.291. The molecule has 6 heteroatoms. The van der Waals surface area contributed by atoms with Crippen molar-refractivity contribution >= 4 is 23.6 Å². The highest BCUT2D eigenvalue weighted by atomic mass is 16.5. The van der Waals surface area contributed by atoms with E-state index in [0.29, 0.717) is 29.4 Å². The minimum atomic E-state index is -0.512. The second kappa shape index (κ2) is 8.54. The van der Waals surface area contributed by atoms with E-state index in [2.05, 4.69) is 5.32 Å². The molecule has 2 rings (SSSR count). The number of benzene rings is 2. The number of rotatable bonds is 7. The summed E-state index contributed by atoms with van der Waals surface area (Å²) in [7, 11) is 1.57. The van der Waals surface area contributed by atoms with Crippen LogP contribution in [0.4, 0.5) is 5.69 Å². The van der Waals surface area contributed by atoms with Crippen molar-refractivity contribution in [1.82, 2.24) is 0 Å². The number of hydrogen-bond donors (Lipinski definition) is 2. The average molecular weight is 340 g/mol. The quantitative estimate of drug-likeness (QED) is 0.758. The molecule has 0 aliphatic rings. The summed E-state index contributed by atoms with van der Waals surface area (Å²) >= 11 is 0. The molecule has 0 saturated heterocycles. The van der Waals surface area contributed by atoms with Crippen molar-refractivity contribution in [3.8, 4) is 11.5 Å². The van der Waals surface area contributed by atoms with E-state index in [1.807, 2.05) is 13.0 Å². The molecule has 3 N–H and O–H groups in total. The summed E-state index contributed by atoms with van der Waals surface area (Å²) in [6.45, 7) is 2.41. The maximum Gasteiger partial charge on any atom is 0.248 e. The van der Waals surface area contributed by atoms with Gasteiger partial charge in [0.25, 0.3) is 0 Å². The van der Waals surface area contributed by atoms with Gasteiger partial charge in [0, 0.05) is 17.3 Å². The van der Waals surface area contributed by atoms with Crippen LogP contribution in [-0.2, 0) is 4.79 Å². The van der Waals surface area contributed by atoms with E-state index in [4.69, 9.17) is 15.2 Å². The van der Waals surface area contributed by atoms with Gasteiger partial charge < -0.3 is 20.5 Å². The Kier molecular flexibility index (Phi) is 6.17. The number of hydrogen-bond acceptors (Lipinski definition) is 4. The first-order valence-corrected chi connectivity index (χ1v) is 7.73. The van der Waals surface area contributed by atoms with Crippen LogP contribution in [0.1, 0.15) is 22.8 Å². The third kappa shape index (κ3) is 5.10. The molecule has 0 aromatic heterocycles. The third-order valence-electron chi connectivity index (χ3n) is 3.35. The van der Waals surface area contributed by atoms with Crippen LogP contribution in [0.5, 0.6) is 11.5 Å². The highest BCUT2D eigenvalue weighted by Crippen LogP contribution is 2.28. The topological polar surface area (TPSA) is 90.6 Å². The smallest absolute Gasteiger partial charge is 0.248 e. The Morgan fingerprint density at radius 1 is 1.12 bits per heavy atom. The van der Waals surface area contributed by atoms with Gasteiger partial charge in [0.1, 0.15) is 0 Å². The molecule has 0 atom stereocenters. The molecular formula is C19H20N2O4. The van der Waals surface area contributed by atoms with Crippen molar-refractivity contribution in [2.24, 2.45) is 5.73 Å². The fraction of sp³-hybridized carbons (Fsp3) is 0.158. The average Bonchev–Trinajstić information content (AvgIpc) is 2.61. The summed E-state index contributed by atoms with van der Waals surface area (Å²) in [6.07, 6.45) is 3.09. The molecule has 0 aliphatic carbocycles. The zero-order chi connectivity index (χ0) is 18.2. The van der Waals surface area contributed by atoms with Crippen LogP contribution in [0, 0.1) is 0 Å². The van der Waals surface area contributed by atoms with Crippen LogP contribution in [-0.4, -0.2) is 25.5 Å². The van der Waals surface area contributed by atoms with Gasteiger partial charge in [0.15, 0.2) is 11.5 Å². The van der Waals surface area contributed by atoms with Crippen LogP contribution in [0.2, 0.25) is 0 Å². The first kappa shape index (κ1) is 18.1. The van der Waals surface area contributed by atoms with Gasteiger partial charge in [0.05, 0.1) is 13.7 Å². The second-order valence-corrected chi connectivity index (χ2v) is 5.11. The maximum atomic E-state index is 12.0. The summed E-state index contributed by atoms with van der Waals surface area (Å²) in [5, 5.41) is 2.71. The normalized spacial score (nSPS) is 10.5. The van der Waals surface area contributed by atoms with Gasteiger partial charge in [-0.15, -0.1) is 0 Å². The predicted molar refractivity (Wildman–Crippen MR) is 96.8 cm³/mol. The van der Waals surface area contributed by atoms with Crippen molar-refractivity contribution in [3.05, 3.63) is 59.7 Å². The van der Waals surface area contributed by atoms with Crippen molar-refractivity contribution in [2.75, 3.05) is 19.0 Å². The summed E-state index contributed by atoms with van der Waals surface area (Å²) in [6, 6.07) is 11.8. The van der Waals surface area contributed by atoms with Gasteiger partial charge in [0.2, 0.25) is 11.8 Å². The van der Waals surface area contributed by atoms with Crippen molar-refractivity contribution < 1.29 is 19.1 Å². The zero-order valence-corrected chi connectivity index (χ0v) is 14.1. The van der Waals surface area contributed by atoms with E-state index in [1.165, 1.54) is 6.08 Å². The predicted octanol–water partition coefficient (Wildman–Crippen LogP) is 2.84. The zero-order valence-electron chi connectivity index (χ0n) is 14.1. The largest absolute Gasteiger partial charge is 0.493 e. The number of carbonyl (C=O) groups is 2. The molecule has 2 aromatic carbocycles. The summed E-state index contributed by atoms with van der Waals surface area (Å²) in [5.74, 6) is 0.454. The molecule has 0 fully saturated rings. The highest BCUT2D eigenvalue weighted by Gasteiger charge is 2.05. The molecular weight excluding hydrogens is 320 g/mol. The Morgan fingerprint density at radius 2 is 1.84 bits per heavy atom. The fourth-order valence-corrected chi connectivity index (χ4v) is 2.14. The molecule has 2 amide bonds. The summed E-state index contributed by atoms with van der Waals surface area (Å²) in [4.78, 5) is 23.0. The molecule has 25 heavy (non-hydrogen) atoms. The first-order chi connectivity index (χ1) is 12.0. The van der Waals surface area contributed by atoms with E-state index in [0.717, 1.165) is 5.56 Å². The molecule has 0 unspecified atom stereocenters. The number of ether oxygens (including phenoxy) is 2. The van der Waals surface area contributed by atoms with Gasteiger partial charge in [-0.25, -0.2) is 0 Å². The lowest BCUT2D eigenvalue weighted by Crippen LogP contribution is -2.11. The van der Waals surface area contributed by atoms with Gasteiger partial charge in [-0.05, 0) is 55.0 Å². The Morgan fingerprint density at radius 3 is 2.44 bits per heavy atom. The van der Waals surface area contributed by atoms with Gasteiger partial charge in [-0.3, -0.25) is 9.59 Å². The van der Waals surface area contributed by atoms with Crippen LogP contribution in [0.3, 0.4) is 0 Å². The number of amides is 2. The molecule has 0 aliphatic heterocycles. The SMILES string of the molecule is CCOc1cc(C=CC(=O)Nc2ccc(C(N)=O)cc2)ccc1OC. The number of carbonyl (C=O) groups excluding carboxylic acids is 2. The van der Waals surface area contributed by atoms with E-state index >= 15 is 0 Å². The van der Waals surface area contributed by atoms with Crippen LogP contribution in [0.15, 0.2) is 48.5 Å². The minimum Gasteiger partial charge on any atom is -0.493 e. The lowest BCUT2D eigenvalue weighted by atomic mass is 10.2. The molecule has 0 bridgehead atoms. The standard InChI is InChI=1S/C19H20N2O4/c1-3-25-17-12-13(4-10-16(17)24-2)5-11-18(22)21-15-8-6-14(7-9-15)19(20)23/h4-12H,3H2,1-2H3,(H2,20,23)(H,21,22). The number of methoxy groups -OCH3 is 1. The molecule has 6 nitrogen and oxygen atoms in total. The van der Waals surface area contributed by atoms with Crippen LogP contribution >= 0.6 is 0 Å². The van der Waals surface area contributed by atoms with Crippen molar-refractivity contribution in [2.45, 2.75) is 6.92 Å². The second-order valence-electron chi connectivity index (χ2n) is 5.11. The van der Waals surface area contributed by atoms with Gasteiger partial charge in [-0.2, -0.15) is 0 Å². The van der Waals surface area contributed by atoms with Gasteiger partial charge in [-0.1, -0.05) is 6.07 Å². The van der Waals surface area contributed by atoms with E-state index in [9.17, 15) is 9.59 Å². The molecule has 0 radical (unpaired) electrons. The maximum absolute atomic E-state index is 12.0. The Hall–Kier alpha value is -3.28. The lowest BCUT2D eigenvalue weighted by Gasteiger charge is -2.09. The fourth-order valence-electron chi connectivity index (χ4n) is 2.14. The Balaban J connectivity index is 2.04. The monoisotopic (exact) mass is 340 g/mol. The molecule has 0 spiro atoms. The molecule has 2 aromatic rings. The Bertz CT molecular complexity index is 783. The van der Waals surface area contributed by atoms with E-state index in [1.54, 1.807) is 49.6 Å². The third-order valence-corrected chi connectivity index (χ3v) is 3.35. The van der Waals surface area contributed by atoms with Crippen molar-refractivity contribution in [1.29, 1.82) is 0 Å². The van der Waals surface area contributed by atoms with Crippen molar-refractivity contribution in [3.63, 3.8) is 0 Å². The number of primary amides is 1. The van der Waals surface area contributed by atoms with Crippen LogP contribution < -0.4 is 20.5 Å². The Labute approximate surface area is 146 Å². The lowest BCUT2D eigenvalue weighted by molar-refractivity contribution is -0.111. The van der Waals surface area contributed by atoms with E-state index < -0.39 is 5.91 Å². The summed E-state index contributed by atoms with van der Waals surface area (Å²) in [5.41, 5.74) is 6.94. The number of anilines is 1. The van der Waals surface area contributed by atoms with Gasteiger partial charge >= 0.3 is 0 Å². The molecule has 0 saturated carbocycles. The molecule has 130 valence electrons. The first-order valence-electron chi connectivity index (χ1n) is 7.73.